The molecule has 0 amide bonds. The summed E-state index contributed by atoms with van der Waals surface area (Å²) in [6.45, 7) is 0. The summed E-state index contributed by atoms with van der Waals surface area (Å²) >= 11 is 0. The second kappa shape index (κ2) is 5.06. The summed E-state index contributed by atoms with van der Waals surface area (Å²) < 4.78 is 27.2. The number of imidazole rings is 1. The molecular weight excluding hydrogens is 290 g/mol. The van der Waals surface area contributed by atoms with Crippen LogP contribution in [0.2, 0.25) is 0 Å². The van der Waals surface area contributed by atoms with Gasteiger partial charge in [-0.15, -0.1) is 0 Å². The van der Waals surface area contributed by atoms with Crippen LogP contribution in [0.4, 0.5) is 11.6 Å². The fourth-order valence-corrected chi connectivity index (χ4v) is 3.08. The van der Waals surface area contributed by atoms with Crippen LogP contribution in [0.15, 0.2) is 47.6 Å². The van der Waals surface area contributed by atoms with Crippen molar-refractivity contribution in [2.45, 2.75) is 5.03 Å². The van der Waals surface area contributed by atoms with Gasteiger partial charge in [-0.25, -0.2) is 14.7 Å². The smallest absolute Gasteiger partial charge is 0.283 e. The third kappa shape index (κ3) is 2.52. The topological polar surface area (TPSA) is 99.8 Å². The van der Waals surface area contributed by atoms with Crippen molar-refractivity contribution in [1.82, 2.24) is 15.0 Å². The Morgan fingerprint density at radius 1 is 1.14 bits per heavy atom. The van der Waals surface area contributed by atoms with Gasteiger partial charge in [0, 0.05) is 13.2 Å². The third-order valence-electron chi connectivity index (χ3n) is 2.92. The molecule has 0 aliphatic heterocycles. The van der Waals surface area contributed by atoms with Crippen LogP contribution in [-0.4, -0.2) is 30.4 Å². The van der Waals surface area contributed by atoms with E-state index in [0.717, 1.165) is 5.52 Å². The van der Waals surface area contributed by atoms with Crippen molar-refractivity contribution < 1.29 is 8.42 Å². The van der Waals surface area contributed by atoms with Crippen LogP contribution in [0.5, 0.6) is 0 Å². The molecule has 2 heterocycles. The van der Waals surface area contributed by atoms with Gasteiger partial charge in [-0.2, -0.15) is 8.42 Å². The molecule has 0 saturated heterocycles. The number of fused-ring (bicyclic) bond motifs is 1. The van der Waals surface area contributed by atoms with E-state index in [1.165, 1.54) is 6.20 Å². The molecule has 2 aromatic heterocycles. The highest BCUT2D eigenvalue weighted by molar-refractivity contribution is 7.92. The number of H-pyrrole nitrogens is 1. The Morgan fingerprint density at radius 3 is 2.71 bits per heavy atom. The van der Waals surface area contributed by atoms with E-state index >= 15 is 0 Å². The molecule has 3 rings (SSSR count). The zero-order valence-electron chi connectivity index (χ0n) is 11.2. The molecule has 0 fully saturated rings. The van der Waals surface area contributed by atoms with Gasteiger partial charge >= 0.3 is 0 Å². The van der Waals surface area contributed by atoms with Gasteiger partial charge in [0.05, 0.1) is 16.7 Å². The Hall–Kier alpha value is -2.61. The van der Waals surface area contributed by atoms with Gasteiger partial charge in [0.15, 0.2) is 5.03 Å². The van der Waals surface area contributed by atoms with Crippen molar-refractivity contribution in [3.63, 3.8) is 0 Å². The lowest BCUT2D eigenvalue weighted by molar-refractivity contribution is 0.597. The molecule has 3 aromatic rings. The predicted octanol–water partition coefficient (Wildman–Crippen LogP) is 1.80. The normalized spacial score (nSPS) is 11.5. The molecule has 0 aliphatic rings. The van der Waals surface area contributed by atoms with Crippen molar-refractivity contribution in [3.05, 3.63) is 42.6 Å². The summed E-state index contributed by atoms with van der Waals surface area (Å²) in [6.07, 6.45) is 1.42. The van der Waals surface area contributed by atoms with Crippen LogP contribution in [0, 0.1) is 0 Å². The lowest BCUT2D eigenvalue weighted by atomic mass is 10.3. The van der Waals surface area contributed by atoms with Gasteiger partial charge in [0.2, 0.25) is 5.95 Å². The monoisotopic (exact) mass is 303 g/mol. The quantitative estimate of drug-likeness (QED) is 0.682. The van der Waals surface area contributed by atoms with Crippen molar-refractivity contribution in [3.8, 4) is 0 Å². The molecule has 7 nitrogen and oxygen atoms in total. The van der Waals surface area contributed by atoms with Crippen LogP contribution in [-0.2, 0) is 10.0 Å². The molecule has 0 atom stereocenters. The van der Waals surface area contributed by atoms with Crippen molar-refractivity contribution in [1.29, 1.82) is 0 Å². The SMILES string of the molecule is CNc1cccnc1S(=O)(=O)Nc1nc2ccccc2[nH]1. The maximum atomic E-state index is 12.4. The van der Waals surface area contributed by atoms with Crippen molar-refractivity contribution >= 4 is 32.7 Å². The molecule has 0 aliphatic carbocycles. The number of hydrogen-bond donors (Lipinski definition) is 3. The second-order valence-electron chi connectivity index (χ2n) is 4.31. The highest BCUT2D eigenvalue weighted by Gasteiger charge is 2.21. The molecule has 0 saturated carbocycles. The third-order valence-corrected chi connectivity index (χ3v) is 4.21. The minimum absolute atomic E-state index is 0.0760. The first-order valence-corrected chi connectivity index (χ1v) is 7.69. The lowest BCUT2D eigenvalue weighted by Gasteiger charge is -2.08. The average molecular weight is 303 g/mol. The number of rotatable bonds is 4. The van der Waals surface area contributed by atoms with Crippen molar-refractivity contribution in [2.75, 3.05) is 17.1 Å². The number of sulfonamides is 1. The standard InChI is InChI=1S/C13H13N5O2S/c1-14-11-7-4-8-15-12(11)21(19,20)18-13-16-9-5-2-3-6-10(9)17-13/h2-8,14H,1H3,(H2,16,17,18). The molecule has 0 spiro atoms. The molecule has 21 heavy (non-hydrogen) atoms. The molecule has 1 aromatic carbocycles. The van der Waals surface area contributed by atoms with E-state index in [0.29, 0.717) is 11.2 Å². The Kier molecular flexibility index (Phi) is 3.22. The number of aromatic nitrogens is 3. The van der Waals surface area contributed by atoms with Gasteiger partial charge in [-0.05, 0) is 24.3 Å². The Morgan fingerprint density at radius 2 is 1.95 bits per heavy atom. The molecular formula is C13H13N5O2S. The maximum absolute atomic E-state index is 12.4. The summed E-state index contributed by atoms with van der Waals surface area (Å²) in [6, 6.07) is 10.6. The summed E-state index contributed by atoms with van der Waals surface area (Å²) in [7, 11) is -2.18. The number of anilines is 2. The number of hydrogen-bond acceptors (Lipinski definition) is 5. The lowest BCUT2D eigenvalue weighted by Crippen LogP contribution is -2.17. The van der Waals surface area contributed by atoms with Crippen LogP contribution in [0.1, 0.15) is 0 Å². The first kappa shape index (κ1) is 13.4. The highest BCUT2D eigenvalue weighted by atomic mass is 32.2. The van der Waals surface area contributed by atoms with E-state index in [4.69, 9.17) is 0 Å². The van der Waals surface area contributed by atoms with E-state index in [1.807, 2.05) is 18.2 Å². The van der Waals surface area contributed by atoms with Gasteiger partial charge in [-0.3, -0.25) is 0 Å². The van der Waals surface area contributed by atoms with Crippen LogP contribution in [0.25, 0.3) is 11.0 Å². The Labute approximate surface area is 121 Å². The minimum atomic E-state index is -3.82. The maximum Gasteiger partial charge on any atom is 0.283 e. The second-order valence-corrected chi connectivity index (χ2v) is 5.91. The van der Waals surface area contributed by atoms with Gasteiger partial charge in [-0.1, -0.05) is 12.1 Å². The average Bonchev–Trinajstić information content (AvgIpc) is 2.88. The first-order valence-electron chi connectivity index (χ1n) is 6.20. The molecule has 0 unspecified atom stereocenters. The van der Waals surface area contributed by atoms with Crippen molar-refractivity contribution in [2.24, 2.45) is 0 Å². The number of nitrogens with zero attached hydrogens (tertiary/aromatic N) is 2. The molecule has 3 N–H and O–H groups in total. The van der Waals surface area contributed by atoms with E-state index < -0.39 is 10.0 Å². The van der Waals surface area contributed by atoms with Gasteiger partial charge < -0.3 is 10.3 Å². The van der Waals surface area contributed by atoms with Crippen LogP contribution in [0.3, 0.4) is 0 Å². The number of benzene rings is 1. The molecule has 8 heteroatoms. The number of aromatic amines is 1. The number of para-hydroxylation sites is 2. The fourth-order valence-electron chi connectivity index (χ4n) is 1.97. The van der Waals surface area contributed by atoms with Crippen LogP contribution < -0.4 is 10.0 Å². The summed E-state index contributed by atoms with van der Waals surface area (Å²) in [5, 5.41) is 2.73. The van der Waals surface area contributed by atoms with E-state index in [-0.39, 0.29) is 11.0 Å². The van der Waals surface area contributed by atoms with Crippen LogP contribution >= 0.6 is 0 Å². The Bertz CT molecular complexity index is 855. The highest BCUT2D eigenvalue weighted by Crippen LogP contribution is 2.21. The number of pyridine rings is 1. The predicted molar refractivity (Wildman–Crippen MR) is 80.7 cm³/mol. The van der Waals surface area contributed by atoms with E-state index in [9.17, 15) is 8.42 Å². The summed E-state index contributed by atoms with van der Waals surface area (Å²) in [5.74, 6) is 0.156. The van der Waals surface area contributed by atoms with E-state index in [2.05, 4.69) is 25.0 Å². The molecule has 0 radical (unpaired) electrons. The van der Waals surface area contributed by atoms with Gasteiger partial charge in [0.1, 0.15) is 0 Å². The zero-order valence-corrected chi connectivity index (χ0v) is 12.0. The fraction of sp³-hybridized carbons (Fsp3) is 0.0769. The zero-order chi connectivity index (χ0) is 14.9. The summed E-state index contributed by atoms with van der Waals surface area (Å²) in [4.78, 5) is 11.0. The Balaban J connectivity index is 1.99. The summed E-state index contributed by atoms with van der Waals surface area (Å²) in [5.41, 5.74) is 1.86. The van der Waals surface area contributed by atoms with Gasteiger partial charge in [0.25, 0.3) is 10.0 Å². The molecule has 0 bridgehead atoms. The largest absolute Gasteiger partial charge is 0.386 e. The number of nitrogens with one attached hydrogen (secondary N) is 3. The minimum Gasteiger partial charge on any atom is -0.386 e. The molecule has 108 valence electrons. The van der Waals surface area contributed by atoms with E-state index in [1.54, 1.807) is 25.2 Å². The first-order chi connectivity index (χ1) is 10.1.